The molecule has 0 unspecified atom stereocenters. The predicted molar refractivity (Wildman–Crippen MR) is 94.5 cm³/mol. The van der Waals surface area contributed by atoms with E-state index in [2.05, 4.69) is 25.3 Å². The summed E-state index contributed by atoms with van der Waals surface area (Å²) in [7, 11) is 0. The average Bonchev–Trinajstić information content (AvgIpc) is 2.52. The number of aliphatic hydroxyl groups is 1. The Hall–Kier alpha value is -1.45. The maximum absolute atomic E-state index is 10.4. The second kappa shape index (κ2) is 9.48. The summed E-state index contributed by atoms with van der Waals surface area (Å²) >= 11 is 5.51. The number of thiocarbonyl (C=S) groups is 1. The fourth-order valence-electron chi connectivity index (χ4n) is 2.23. The number of benzene rings is 1. The van der Waals surface area contributed by atoms with E-state index in [1.807, 2.05) is 42.2 Å². The lowest BCUT2D eigenvalue weighted by atomic mass is 9.97. The van der Waals surface area contributed by atoms with Crippen LogP contribution >= 0.6 is 12.2 Å². The van der Waals surface area contributed by atoms with Crippen LogP contribution in [0.1, 0.15) is 18.9 Å². The van der Waals surface area contributed by atoms with Crippen LogP contribution in [0.25, 0.3) is 0 Å². The van der Waals surface area contributed by atoms with Gasteiger partial charge >= 0.3 is 0 Å². The molecule has 0 aliphatic rings. The van der Waals surface area contributed by atoms with Crippen molar-refractivity contribution in [2.45, 2.75) is 25.9 Å². The Bertz CT molecular complexity index is 448. The van der Waals surface area contributed by atoms with Crippen LogP contribution in [0, 0.1) is 5.92 Å². The molecule has 0 bridgehead atoms. The molecule has 0 heterocycles. The standard InChI is InChI=1S/C18H25NOS/c1-4-13-19(14-5-2)18(21)15(3)17(20)12-11-16-9-7-6-8-10-16/h4-10,15,17,20H,1-2,11-14H2,3H3/t15-,17+/m1/s1. The van der Waals surface area contributed by atoms with Gasteiger partial charge in [0.2, 0.25) is 0 Å². The molecule has 2 nitrogen and oxygen atoms in total. The van der Waals surface area contributed by atoms with Gasteiger partial charge in [0, 0.05) is 19.0 Å². The van der Waals surface area contributed by atoms with Gasteiger partial charge < -0.3 is 10.0 Å². The van der Waals surface area contributed by atoms with Crippen molar-refractivity contribution in [3.63, 3.8) is 0 Å². The van der Waals surface area contributed by atoms with Crippen LogP contribution in [0.2, 0.25) is 0 Å². The number of hydrogen-bond donors (Lipinski definition) is 1. The van der Waals surface area contributed by atoms with Crippen molar-refractivity contribution in [1.29, 1.82) is 0 Å². The maximum atomic E-state index is 10.4. The van der Waals surface area contributed by atoms with Crippen LogP contribution in [-0.4, -0.2) is 34.2 Å². The Balaban J connectivity index is 2.55. The van der Waals surface area contributed by atoms with E-state index in [1.165, 1.54) is 5.56 Å². The SMILES string of the molecule is C=CCN(CC=C)C(=S)[C@H](C)[C@@H](O)CCc1ccccc1. The zero-order valence-electron chi connectivity index (χ0n) is 12.7. The lowest BCUT2D eigenvalue weighted by Crippen LogP contribution is -2.38. The molecule has 0 saturated carbocycles. The van der Waals surface area contributed by atoms with E-state index in [4.69, 9.17) is 12.2 Å². The molecule has 1 N–H and O–H groups in total. The van der Waals surface area contributed by atoms with Crippen molar-refractivity contribution in [2.75, 3.05) is 13.1 Å². The largest absolute Gasteiger partial charge is 0.392 e. The summed E-state index contributed by atoms with van der Waals surface area (Å²) in [5.41, 5.74) is 1.24. The highest BCUT2D eigenvalue weighted by Crippen LogP contribution is 2.15. The highest BCUT2D eigenvalue weighted by molar-refractivity contribution is 7.80. The number of aryl methyl sites for hydroxylation is 1. The second-order valence-electron chi connectivity index (χ2n) is 5.20. The topological polar surface area (TPSA) is 23.5 Å². The van der Waals surface area contributed by atoms with Gasteiger partial charge in [0.1, 0.15) is 0 Å². The van der Waals surface area contributed by atoms with Gasteiger partial charge in [-0.25, -0.2) is 0 Å². The summed E-state index contributed by atoms with van der Waals surface area (Å²) in [6.07, 6.45) is 4.77. The van der Waals surface area contributed by atoms with Gasteiger partial charge in [-0.05, 0) is 18.4 Å². The van der Waals surface area contributed by atoms with Crippen LogP contribution in [0.15, 0.2) is 55.6 Å². The van der Waals surface area contributed by atoms with E-state index in [0.717, 1.165) is 11.4 Å². The molecular formula is C18H25NOS. The predicted octanol–water partition coefficient (Wildman–Crippen LogP) is 3.62. The van der Waals surface area contributed by atoms with E-state index in [0.29, 0.717) is 19.5 Å². The van der Waals surface area contributed by atoms with Gasteiger partial charge in [0.25, 0.3) is 0 Å². The van der Waals surface area contributed by atoms with Crippen molar-refractivity contribution in [3.05, 3.63) is 61.2 Å². The van der Waals surface area contributed by atoms with Crippen molar-refractivity contribution in [3.8, 4) is 0 Å². The fourth-order valence-corrected chi connectivity index (χ4v) is 2.53. The summed E-state index contributed by atoms with van der Waals surface area (Å²) in [5.74, 6) is -0.0522. The van der Waals surface area contributed by atoms with Gasteiger partial charge in [-0.15, -0.1) is 13.2 Å². The van der Waals surface area contributed by atoms with E-state index in [1.54, 1.807) is 0 Å². The third kappa shape index (κ3) is 5.82. The molecular weight excluding hydrogens is 278 g/mol. The summed E-state index contributed by atoms with van der Waals surface area (Å²) in [4.78, 5) is 2.79. The van der Waals surface area contributed by atoms with Crippen molar-refractivity contribution in [1.82, 2.24) is 4.90 Å². The Labute approximate surface area is 133 Å². The molecule has 0 aliphatic carbocycles. The quantitative estimate of drug-likeness (QED) is 0.557. The number of nitrogens with zero attached hydrogens (tertiary/aromatic N) is 1. The summed E-state index contributed by atoms with van der Waals surface area (Å²) < 4.78 is 0. The van der Waals surface area contributed by atoms with Crippen LogP contribution in [0.5, 0.6) is 0 Å². The Morgan fingerprint density at radius 2 is 1.81 bits per heavy atom. The van der Waals surface area contributed by atoms with Crippen LogP contribution in [0.3, 0.4) is 0 Å². The minimum Gasteiger partial charge on any atom is -0.392 e. The third-order valence-electron chi connectivity index (χ3n) is 3.55. The molecule has 0 aliphatic heterocycles. The minimum atomic E-state index is -0.435. The molecule has 0 spiro atoms. The molecule has 1 aromatic rings. The first-order chi connectivity index (χ1) is 10.1. The molecule has 2 atom stereocenters. The first-order valence-corrected chi connectivity index (χ1v) is 7.73. The first-order valence-electron chi connectivity index (χ1n) is 7.32. The molecule has 1 rings (SSSR count). The van der Waals surface area contributed by atoms with Gasteiger partial charge in [-0.3, -0.25) is 0 Å². The monoisotopic (exact) mass is 303 g/mol. The number of rotatable bonds is 9. The molecule has 0 radical (unpaired) electrons. The van der Waals surface area contributed by atoms with Crippen molar-refractivity contribution in [2.24, 2.45) is 5.92 Å². The molecule has 0 aromatic heterocycles. The maximum Gasteiger partial charge on any atom is 0.0839 e. The normalized spacial score (nSPS) is 13.2. The minimum absolute atomic E-state index is 0.0522. The molecule has 0 fully saturated rings. The van der Waals surface area contributed by atoms with Crippen LogP contribution in [-0.2, 0) is 6.42 Å². The molecule has 21 heavy (non-hydrogen) atoms. The van der Waals surface area contributed by atoms with Gasteiger partial charge in [-0.2, -0.15) is 0 Å². The summed E-state index contributed by atoms with van der Waals surface area (Å²) in [6, 6.07) is 10.2. The van der Waals surface area contributed by atoms with Crippen LogP contribution in [0.4, 0.5) is 0 Å². The van der Waals surface area contributed by atoms with E-state index in [-0.39, 0.29) is 5.92 Å². The highest BCUT2D eigenvalue weighted by Gasteiger charge is 2.22. The molecule has 1 aromatic carbocycles. The smallest absolute Gasteiger partial charge is 0.0839 e. The lowest BCUT2D eigenvalue weighted by molar-refractivity contribution is 0.132. The van der Waals surface area contributed by atoms with Crippen molar-refractivity contribution >= 4 is 17.2 Å². The second-order valence-corrected chi connectivity index (χ2v) is 5.62. The molecule has 3 heteroatoms. The van der Waals surface area contributed by atoms with Crippen molar-refractivity contribution < 1.29 is 5.11 Å². The van der Waals surface area contributed by atoms with Gasteiger partial charge in [-0.1, -0.05) is 61.6 Å². The molecule has 114 valence electrons. The molecule has 0 amide bonds. The third-order valence-corrected chi connectivity index (χ3v) is 4.18. The van der Waals surface area contributed by atoms with E-state index in [9.17, 15) is 5.11 Å². The van der Waals surface area contributed by atoms with Gasteiger partial charge in [0.15, 0.2) is 0 Å². The van der Waals surface area contributed by atoms with E-state index >= 15 is 0 Å². The van der Waals surface area contributed by atoms with Gasteiger partial charge in [0.05, 0.1) is 11.1 Å². The zero-order valence-corrected chi connectivity index (χ0v) is 13.6. The Kier molecular flexibility index (Phi) is 7.95. The first kappa shape index (κ1) is 17.6. The molecule has 0 saturated heterocycles. The van der Waals surface area contributed by atoms with E-state index < -0.39 is 6.10 Å². The Morgan fingerprint density at radius 3 is 2.33 bits per heavy atom. The number of hydrogen-bond acceptors (Lipinski definition) is 2. The summed E-state index contributed by atoms with van der Waals surface area (Å²) in [6.45, 7) is 10.8. The fraction of sp³-hybridized carbons (Fsp3) is 0.389. The lowest BCUT2D eigenvalue weighted by Gasteiger charge is -2.29. The van der Waals surface area contributed by atoms with Crippen LogP contribution < -0.4 is 0 Å². The number of aliphatic hydroxyl groups excluding tert-OH is 1. The highest BCUT2D eigenvalue weighted by atomic mass is 32.1. The Morgan fingerprint density at radius 1 is 1.24 bits per heavy atom. The summed E-state index contributed by atoms with van der Waals surface area (Å²) in [5, 5.41) is 10.4. The average molecular weight is 303 g/mol. The zero-order chi connectivity index (χ0) is 15.7.